The van der Waals surface area contributed by atoms with Gasteiger partial charge in [0.15, 0.2) is 0 Å². The minimum atomic E-state index is -0.494. The molecule has 1 aliphatic carbocycles. The normalized spacial score (nSPS) is 18.6. The van der Waals surface area contributed by atoms with Crippen molar-refractivity contribution < 1.29 is 9.72 Å². The summed E-state index contributed by atoms with van der Waals surface area (Å²) >= 11 is 0. The number of carbonyl (C=O) groups is 1. The Labute approximate surface area is 158 Å². The number of rotatable bonds is 4. The fraction of sp³-hybridized carbons (Fsp3) is 0.579. The molecule has 1 aliphatic heterocycles. The summed E-state index contributed by atoms with van der Waals surface area (Å²) < 4.78 is 0. The molecule has 1 heterocycles. The van der Waals surface area contributed by atoms with Gasteiger partial charge in [-0.25, -0.2) is 4.79 Å². The van der Waals surface area contributed by atoms with Crippen molar-refractivity contribution in [2.45, 2.75) is 57.0 Å². The van der Waals surface area contributed by atoms with Crippen LogP contribution in [0.4, 0.5) is 16.2 Å². The molecule has 8 nitrogen and oxygen atoms in total. The number of amides is 2. The van der Waals surface area contributed by atoms with Gasteiger partial charge in [0.1, 0.15) is 6.07 Å². The van der Waals surface area contributed by atoms with Gasteiger partial charge in [0, 0.05) is 37.3 Å². The van der Waals surface area contributed by atoms with Crippen molar-refractivity contribution in [3.8, 4) is 6.07 Å². The third kappa shape index (κ3) is 4.88. The summed E-state index contributed by atoms with van der Waals surface area (Å²) in [6, 6.07) is 6.74. The number of piperidine rings is 1. The molecule has 2 aliphatic rings. The molecule has 2 fully saturated rings. The highest BCUT2D eigenvalue weighted by Crippen LogP contribution is 2.27. The molecule has 27 heavy (non-hydrogen) atoms. The van der Waals surface area contributed by atoms with Crippen LogP contribution < -0.4 is 15.5 Å². The third-order valence-electron chi connectivity index (χ3n) is 5.42. The van der Waals surface area contributed by atoms with Crippen molar-refractivity contribution in [1.82, 2.24) is 10.6 Å². The van der Waals surface area contributed by atoms with Crippen molar-refractivity contribution in [1.29, 1.82) is 5.26 Å². The van der Waals surface area contributed by atoms with Crippen LogP contribution in [-0.4, -0.2) is 36.1 Å². The maximum atomic E-state index is 12.2. The van der Waals surface area contributed by atoms with Crippen LogP contribution in [0.3, 0.4) is 0 Å². The third-order valence-corrected chi connectivity index (χ3v) is 5.42. The van der Waals surface area contributed by atoms with Crippen LogP contribution in [0.2, 0.25) is 0 Å². The first-order valence-electron chi connectivity index (χ1n) is 9.57. The summed E-state index contributed by atoms with van der Waals surface area (Å²) in [6.07, 6.45) is 7.29. The molecular weight excluding hydrogens is 346 g/mol. The van der Waals surface area contributed by atoms with E-state index in [0.717, 1.165) is 25.7 Å². The molecule has 0 bridgehead atoms. The number of hydrogen-bond donors (Lipinski definition) is 2. The lowest BCUT2D eigenvalue weighted by atomic mass is 9.96. The van der Waals surface area contributed by atoms with Crippen LogP contribution >= 0.6 is 0 Å². The van der Waals surface area contributed by atoms with Gasteiger partial charge in [-0.3, -0.25) is 10.1 Å². The number of urea groups is 1. The van der Waals surface area contributed by atoms with Crippen molar-refractivity contribution in [2.75, 3.05) is 18.0 Å². The highest BCUT2D eigenvalue weighted by Gasteiger charge is 2.24. The molecule has 1 saturated heterocycles. The van der Waals surface area contributed by atoms with Gasteiger partial charge in [-0.1, -0.05) is 19.3 Å². The molecular formula is C19H25N5O3. The molecule has 1 aromatic rings. The first-order valence-corrected chi connectivity index (χ1v) is 9.57. The van der Waals surface area contributed by atoms with E-state index in [1.165, 1.54) is 31.4 Å². The van der Waals surface area contributed by atoms with Crippen molar-refractivity contribution in [3.05, 3.63) is 33.9 Å². The molecule has 8 heteroatoms. The molecule has 0 unspecified atom stereocenters. The van der Waals surface area contributed by atoms with Crippen molar-refractivity contribution in [3.63, 3.8) is 0 Å². The Morgan fingerprint density at radius 1 is 1.11 bits per heavy atom. The lowest BCUT2D eigenvalue weighted by molar-refractivity contribution is -0.384. The molecule has 0 radical (unpaired) electrons. The number of hydrogen-bond acceptors (Lipinski definition) is 5. The number of nitrogens with zero attached hydrogens (tertiary/aromatic N) is 3. The Hall–Kier alpha value is -2.82. The summed E-state index contributed by atoms with van der Waals surface area (Å²) in [6.45, 7) is 1.39. The molecule has 0 atom stereocenters. The number of nitrogens with one attached hydrogen (secondary N) is 2. The van der Waals surface area contributed by atoms with E-state index in [-0.39, 0.29) is 23.8 Å². The summed E-state index contributed by atoms with van der Waals surface area (Å²) in [5.41, 5.74) is 0.949. The van der Waals surface area contributed by atoms with Gasteiger partial charge >= 0.3 is 6.03 Å². The van der Waals surface area contributed by atoms with Gasteiger partial charge < -0.3 is 15.5 Å². The smallest absolute Gasteiger partial charge is 0.315 e. The standard InChI is InChI=1S/C19H25N5O3/c20-13-14-12-17(24(26)27)6-7-18(14)23-10-8-16(9-11-23)22-19(25)21-15-4-2-1-3-5-15/h6-7,12,15-16H,1-5,8-11H2,(H2,21,22,25). The number of nitro groups is 1. The average Bonchev–Trinajstić information content (AvgIpc) is 2.68. The van der Waals surface area contributed by atoms with Crippen LogP contribution in [0.1, 0.15) is 50.5 Å². The summed E-state index contributed by atoms with van der Waals surface area (Å²) in [5, 5.41) is 26.3. The van der Waals surface area contributed by atoms with Gasteiger partial charge in [-0.15, -0.1) is 0 Å². The predicted octanol–water partition coefficient (Wildman–Crippen LogP) is 3.07. The first-order chi connectivity index (χ1) is 13.1. The second-order valence-corrected chi connectivity index (χ2v) is 7.28. The second kappa shape index (κ2) is 8.71. The SMILES string of the molecule is N#Cc1cc([N+](=O)[O-])ccc1N1CCC(NC(=O)NC2CCCCC2)CC1. The number of anilines is 1. The molecule has 2 N–H and O–H groups in total. The number of nitriles is 1. The molecule has 1 saturated carbocycles. The summed E-state index contributed by atoms with van der Waals surface area (Å²) in [4.78, 5) is 24.6. The number of benzene rings is 1. The molecule has 144 valence electrons. The highest BCUT2D eigenvalue weighted by molar-refractivity contribution is 5.74. The van der Waals surface area contributed by atoms with Crippen LogP contribution in [0.5, 0.6) is 0 Å². The second-order valence-electron chi connectivity index (χ2n) is 7.28. The number of non-ortho nitro benzene ring substituents is 1. The lowest BCUT2D eigenvalue weighted by Crippen LogP contribution is -2.50. The van der Waals surface area contributed by atoms with Gasteiger partial charge in [0.25, 0.3) is 5.69 Å². The van der Waals surface area contributed by atoms with E-state index in [1.54, 1.807) is 6.07 Å². The maximum absolute atomic E-state index is 12.2. The lowest BCUT2D eigenvalue weighted by Gasteiger charge is -2.34. The zero-order valence-corrected chi connectivity index (χ0v) is 15.3. The Morgan fingerprint density at radius 3 is 2.33 bits per heavy atom. The number of carbonyl (C=O) groups excluding carboxylic acids is 1. The summed E-state index contributed by atoms with van der Waals surface area (Å²) in [5.74, 6) is 0. The molecule has 3 rings (SSSR count). The van der Waals surface area contributed by atoms with Crippen LogP contribution in [0.25, 0.3) is 0 Å². The molecule has 0 aromatic heterocycles. The Kier molecular flexibility index (Phi) is 6.12. The van der Waals surface area contributed by atoms with E-state index in [2.05, 4.69) is 21.6 Å². The van der Waals surface area contributed by atoms with Gasteiger partial charge in [-0.05, 0) is 31.7 Å². The zero-order valence-electron chi connectivity index (χ0n) is 15.3. The quantitative estimate of drug-likeness (QED) is 0.624. The van der Waals surface area contributed by atoms with E-state index in [1.807, 2.05) is 0 Å². The Morgan fingerprint density at radius 2 is 1.74 bits per heavy atom. The largest absolute Gasteiger partial charge is 0.370 e. The van der Waals surface area contributed by atoms with E-state index >= 15 is 0 Å². The monoisotopic (exact) mass is 371 g/mol. The fourth-order valence-corrected chi connectivity index (χ4v) is 3.93. The van der Waals surface area contributed by atoms with Gasteiger partial charge in [0.05, 0.1) is 16.2 Å². The Balaban J connectivity index is 1.52. The number of nitro benzene ring substituents is 1. The van der Waals surface area contributed by atoms with E-state index in [9.17, 15) is 20.2 Å². The predicted molar refractivity (Wildman–Crippen MR) is 102 cm³/mol. The fourth-order valence-electron chi connectivity index (χ4n) is 3.93. The topological polar surface area (TPSA) is 111 Å². The summed E-state index contributed by atoms with van der Waals surface area (Å²) in [7, 11) is 0. The van der Waals surface area contributed by atoms with Crippen molar-refractivity contribution in [2.24, 2.45) is 0 Å². The van der Waals surface area contributed by atoms with Crippen LogP contribution in [-0.2, 0) is 0 Å². The van der Waals surface area contributed by atoms with Gasteiger partial charge in [-0.2, -0.15) is 5.26 Å². The van der Waals surface area contributed by atoms with E-state index in [4.69, 9.17) is 0 Å². The Bertz CT molecular complexity index is 731. The van der Waals surface area contributed by atoms with E-state index in [0.29, 0.717) is 24.3 Å². The zero-order chi connectivity index (χ0) is 19.2. The molecule has 0 spiro atoms. The van der Waals surface area contributed by atoms with E-state index < -0.39 is 4.92 Å². The van der Waals surface area contributed by atoms with Crippen LogP contribution in [0, 0.1) is 21.4 Å². The first kappa shape index (κ1) is 19.0. The average molecular weight is 371 g/mol. The molecule has 1 aromatic carbocycles. The minimum absolute atomic E-state index is 0.0776. The highest BCUT2D eigenvalue weighted by atomic mass is 16.6. The van der Waals surface area contributed by atoms with Crippen LogP contribution in [0.15, 0.2) is 18.2 Å². The van der Waals surface area contributed by atoms with Gasteiger partial charge in [0.2, 0.25) is 0 Å². The van der Waals surface area contributed by atoms with Crippen molar-refractivity contribution >= 4 is 17.4 Å². The molecule has 2 amide bonds. The maximum Gasteiger partial charge on any atom is 0.315 e. The minimum Gasteiger partial charge on any atom is -0.370 e.